The Kier molecular flexibility index (Phi) is 5.45. The molecule has 7 heteroatoms. The fourth-order valence-electron chi connectivity index (χ4n) is 2.50. The summed E-state index contributed by atoms with van der Waals surface area (Å²) in [6.45, 7) is 0.418. The number of hydrogen-bond acceptors (Lipinski definition) is 5. The predicted octanol–water partition coefficient (Wildman–Crippen LogP) is 1.36. The monoisotopic (exact) mass is 358 g/mol. The molecule has 2 aromatic rings. The largest absolute Gasteiger partial charge is 0.459 e. The Morgan fingerprint density at radius 2 is 2.00 bits per heavy atom. The van der Waals surface area contributed by atoms with Crippen LogP contribution in [0.15, 0.2) is 47.8 Å². The fraction of sp³-hybridized carbons (Fsp3) is 0.278. The highest BCUT2D eigenvalue weighted by Gasteiger charge is 2.38. The number of esters is 1. The van der Waals surface area contributed by atoms with Crippen LogP contribution < -0.4 is 5.32 Å². The first-order chi connectivity index (χ1) is 12.1. The number of ether oxygens (including phenoxy) is 1. The number of rotatable bonds is 7. The van der Waals surface area contributed by atoms with Crippen molar-refractivity contribution in [2.45, 2.75) is 19.1 Å². The van der Waals surface area contributed by atoms with Crippen LogP contribution in [0, 0.1) is 0 Å². The quantitative estimate of drug-likeness (QED) is 0.599. The number of amides is 2. The Balaban J connectivity index is 1.37. The van der Waals surface area contributed by atoms with Crippen molar-refractivity contribution in [1.29, 1.82) is 0 Å². The average Bonchev–Trinajstić information content (AvgIpc) is 3.12. The van der Waals surface area contributed by atoms with Crippen LogP contribution in [0.5, 0.6) is 0 Å². The summed E-state index contributed by atoms with van der Waals surface area (Å²) >= 11 is 1.50. The van der Waals surface area contributed by atoms with E-state index in [1.54, 1.807) is 0 Å². The van der Waals surface area contributed by atoms with E-state index in [-0.39, 0.29) is 31.4 Å². The van der Waals surface area contributed by atoms with Gasteiger partial charge in [0.15, 0.2) is 0 Å². The molecule has 1 fully saturated rings. The molecular formula is C18H18N2O4S. The van der Waals surface area contributed by atoms with Crippen LogP contribution in [0.4, 0.5) is 0 Å². The highest BCUT2D eigenvalue weighted by molar-refractivity contribution is 7.10. The Bertz CT molecular complexity index is 746. The zero-order valence-electron chi connectivity index (χ0n) is 13.5. The minimum Gasteiger partial charge on any atom is -0.459 e. The first kappa shape index (κ1) is 17.2. The zero-order chi connectivity index (χ0) is 17.6. The number of carbonyl (C=O) groups excluding carboxylic acids is 3. The van der Waals surface area contributed by atoms with Crippen molar-refractivity contribution in [2.75, 3.05) is 13.1 Å². The van der Waals surface area contributed by atoms with Crippen LogP contribution in [-0.4, -0.2) is 41.8 Å². The Hall–Kier alpha value is -2.67. The molecule has 0 saturated carbocycles. The number of nitrogens with zero attached hydrogens (tertiary/aromatic N) is 1. The number of thiophene rings is 1. The topological polar surface area (TPSA) is 75.7 Å². The molecule has 1 aromatic carbocycles. The van der Waals surface area contributed by atoms with Crippen LogP contribution >= 0.6 is 11.3 Å². The molecular weight excluding hydrogens is 340 g/mol. The second-order valence-electron chi connectivity index (χ2n) is 5.74. The molecule has 1 N–H and O–H groups in total. The molecule has 2 amide bonds. The van der Waals surface area contributed by atoms with Crippen LogP contribution in [0.1, 0.15) is 10.4 Å². The molecule has 1 unspecified atom stereocenters. The van der Waals surface area contributed by atoms with Crippen LogP contribution in [0.2, 0.25) is 0 Å². The van der Waals surface area contributed by atoms with Gasteiger partial charge in [-0.25, -0.2) is 0 Å². The van der Waals surface area contributed by atoms with Gasteiger partial charge in [0.2, 0.25) is 11.8 Å². The minimum atomic E-state index is -0.547. The van der Waals surface area contributed by atoms with Crippen molar-refractivity contribution in [3.8, 4) is 0 Å². The number of β-lactam (4-membered cyclic amide) rings is 1. The summed E-state index contributed by atoms with van der Waals surface area (Å²) in [6.07, 6.45) is 0.264. The van der Waals surface area contributed by atoms with E-state index in [4.69, 9.17) is 4.74 Å². The van der Waals surface area contributed by atoms with Crippen molar-refractivity contribution in [1.82, 2.24) is 10.2 Å². The van der Waals surface area contributed by atoms with E-state index < -0.39 is 12.0 Å². The first-order valence-electron chi connectivity index (χ1n) is 7.92. The zero-order valence-corrected chi connectivity index (χ0v) is 14.3. The maximum absolute atomic E-state index is 12.0. The molecule has 0 radical (unpaired) electrons. The number of hydrogen-bond donors (Lipinski definition) is 1. The maximum atomic E-state index is 12.0. The number of benzene rings is 1. The fourth-order valence-corrected chi connectivity index (χ4v) is 3.21. The number of likely N-dealkylation sites (tertiary alicyclic amines) is 1. The van der Waals surface area contributed by atoms with Gasteiger partial charge in [-0.15, -0.1) is 11.3 Å². The highest BCUT2D eigenvalue weighted by atomic mass is 32.1. The molecule has 0 bridgehead atoms. The highest BCUT2D eigenvalue weighted by Crippen LogP contribution is 2.13. The molecule has 3 rings (SSSR count). The summed E-state index contributed by atoms with van der Waals surface area (Å²) < 4.78 is 5.15. The standard InChI is InChI=1S/C18H18N2O4S/c21-16(9-14-7-4-8-25-14)19-15-10-20(18(15)23)11-17(22)24-12-13-5-2-1-3-6-13/h1-8,15H,9-12H2,(H,19,21). The van der Waals surface area contributed by atoms with Gasteiger partial charge in [0, 0.05) is 4.88 Å². The lowest BCUT2D eigenvalue weighted by Gasteiger charge is -2.37. The van der Waals surface area contributed by atoms with Gasteiger partial charge in [-0.1, -0.05) is 36.4 Å². The first-order valence-corrected chi connectivity index (χ1v) is 8.80. The molecule has 0 aliphatic carbocycles. The van der Waals surface area contributed by atoms with Gasteiger partial charge in [0.05, 0.1) is 13.0 Å². The van der Waals surface area contributed by atoms with Crippen LogP contribution in [0.25, 0.3) is 0 Å². The predicted molar refractivity (Wildman–Crippen MR) is 92.8 cm³/mol. The van der Waals surface area contributed by atoms with Crippen molar-refractivity contribution in [3.63, 3.8) is 0 Å². The van der Waals surface area contributed by atoms with Gasteiger partial charge in [-0.2, -0.15) is 0 Å². The summed E-state index contributed by atoms with van der Waals surface area (Å²) in [5.41, 5.74) is 0.893. The van der Waals surface area contributed by atoms with Gasteiger partial charge in [-0.3, -0.25) is 14.4 Å². The molecule has 1 aliphatic rings. The second kappa shape index (κ2) is 7.94. The lowest BCUT2D eigenvalue weighted by Crippen LogP contribution is -2.64. The second-order valence-corrected chi connectivity index (χ2v) is 6.77. The van der Waals surface area contributed by atoms with Crippen molar-refractivity contribution in [3.05, 3.63) is 58.3 Å². The summed E-state index contributed by atoms with van der Waals surface area (Å²) in [7, 11) is 0. The van der Waals surface area contributed by atoms with Gasteiger partial charge in [0.1, 0.15) is 19.2 Å². The van der Waals surface area contributed by atoms with Gasteiger partial charge in [-0.05, 0) is 17.0 Å². The molecule has 6 nitrogen and oxygen atoms in total. The van der Waals surface area contributed by atoms with Crippen molar-refractivity contribution >= 4 is 29.1 Å². The smallest absolute Gasteiger partial charge is 0.325 e. The molecule has 25 heavy (non-hydrogen) atoms. The molecule has 1 aliphatic heterocycles. The summed E-state index contributed by atoms with van der Waals surface area (Å²) in [6, 6.07) is 12.6. The van der Waals surface area contributed by atoms with E-state index in [0.717, 1.165) is 10.4 Å². The third-order valence-electron chi connectivity index (χ3n) is 3.83. The number of nitrogens with one attached hydrogen (secondary N) is 1. The molecule has 1 atom stereocenters. The average molecular weight is 358 g/mol. The molecule has 130 valence electrons. The van der Waals surface area contributed by atoms with Gasteiger partial charge >= 0.3 is 5.97 Å². The molecule has 1 saturated heterocycles. The van der Waals surface area contributed by atoms with Gasteiger partial charge < -0.3 is 15.0 Å². The third-order valence-corrected chi connectivity index (χ3v) is 4.70. The van der Waals surface area contributed by atoms with E-state index >= 15 is 0 Å². The maximum Gasteiger partial charge on any atom is 0.325 e. The Morgan fingerprint density at radius 1 is 1.20 bits per heavy atom. The van der Waals surface area contributed by atoms with Crippen LogP contribution in [-0.2, 0) is 32.1 Å². The van der Waals surface area contributed by atoms with E-state index in [0.29, 0.717) is 6.54 Å². The lowest BCUT2D eigenvalue weighted by atomic mass is 10.1. The van der Waals surface area contributed by atoms with E-state index in [2.05, 4.69) is 5.32 Å². The summed E-state index contributed by atoms with van der Waals surface area (Å²) in [5.74, 6) is -0.899. The summed E-state index contributed by atoms with van der Waals surface area (Å²) in [4.78, 5) is 38.0. The normalized spacial score (nSPS) is 16.2. The van der Waals surface area contributed by atoms with Crippen molar-refractivity contribution in [2.24, 2.45) is 0 Å². The SMILES string of the molecule is O=C(Cc1cccs1)NC1CN(CC(=O)OCc2ccccc2)C1=O. The number of carbonyl (C=O) groups is 3. The van der Waals surface area contributed by atoms with E-state index in [9.17, 15) is 14.4 Å². The molecule has 1 aromatic heterocycles. The Morgan fingerprint density at radius 3 is 2.68 bits per heavy atom. The van der Waals surface area contributed by atoms with E-state index in [1.165, 1.54) is 16.2 Å². The molecule has 0 spiro atoms. The van der Waals surface area contributed by atoms with Gasteiger partial charge in [0.25, 0.3) is 0 Å². The Labute approximate surface area is 149 Å². The van der Waals surface area contributed by atoms with E-state index in [1.807, 2.05) is 47.8 Å². The van der Waals surface area contributed by atoms with Crippen molar-refractivity contribution < 1.29 is 19.1 Å². The minimum absolute atomic E-state index is 0.0943. The molecule has 2 heterocycles. The third kappa shape index (κ3) is 4.67. The summed E-state index contributed by atoms with van der Waals surface area (Å²) in [5, 5.41) is 4.59. The van der Waals surface area contributed by atoms with Crippen LogP contribution in [0.3, 0.4) is 0 Å². The lowest BCUT2D eigenvalue weighted by molar-refractivity contribution is -0.157.